The zero-order valence-corrected chi connectivity index (χ0v) is 14.1. The second-order valence-electron chi connectivity index (χ2n) is 8.04. The van der Waals surface area contributed by atoms with Gasteiger partial charge in [-0.25, -0.2) is 0 Å². The van der Waals surface area contributed by atoms with Crippen LogP contribution in [-0.2, 0) is 4.79 Å². The Labute approximate surface area is 135 Å². The van der Waals surface area contributed by atoms with Crippen LogP contribution in [0.3, 0.4) is 0 Å². The lowest BCUT2D eigenvalue weighted by Gasteiger charge is -2.43. The average molecular weight is 307 g/mol. The summed E-state index contributed by atoms with van der Waals surface area (Å²) < 4.78 is 0. The Kier molecular flexibility index (Phi) is 5.40. The van der Waals surface area contributed by atoms with E-state index >= 15 is 0 Å². The van der Waals surface area contributed by atoms with E-state index < -0.39 is 0 Å². The monoisotopic (exact) mass is 307 g/mol. The van der Waals surface area contributed by atoms with E-state index in [2.05, 4.69) is 17.1 Å². The van der Waals surface area contributed by atoms with Crippen molar-refractivity contribution < 1.29 is 4.79 Å². The number of likely N-dealkylation sites (tertiary alicyclic amines) is 1. The fourth-order valence-corrected chi connectivity index (χ4v) is 4.97. The van der Waals surface area contributed by atoms with Crippen molar-refractivity contribution in [3.05, 3.63) is 0 Å². The number of fused-ring (bicyclic) bond motifs is 2. The highest BCUT2D eigenvalue weighted by molar-refractivity contribution is 5.78. The van der Waals surface area contributed by atoms with E-state index in [0.29, 0.717) is 17.9 Å². The van der Waals surface area contributed by atoms with Crippen LogP contribution in [-0.4, -0.2) is 43.0 Å². The van der Waals surface area contributed by atoms with Crippen LogP contribution in [0.2, 0.25) is 0 Å². The van der Waals surface area contributed by atoms with Crippen LogP contribution in [0.1, 0.15) is 51.9 Å². The van der Waals surface area contributed by atoms with Gasteiger partial charge in [0, 0.05) is 31.6 Å². The SMILES string of the molecule is CC1CCCN(CCNC(=O)C2CC3CCCC(C2)C3N)C1. The number of piperidine rings is 1. The topological polar surface area (TPSA) is 58.4 Å². The van der Waals surface area contributed by atoms with Crippen LogP contribution in [0.15, 0.2) is 0 Å². The van der Waals surface area contributed by atoms with E-state index in [-0.39, 0.29) is 11.8 Å². The molecular weight excluding hydrogens is 274 g/mol. The highest BCUT2D eigenvalue weighted by Crippen LogP contribution is 2.41. The zero-order chi connectivity index (χ0) is 15.5. The first kappa shape index (κ1) is 16.3. The Morgan fingerprint density at radius 2 is 1.91 bits per heavy atom. The molecule has 4 nitrogen and oxygen atoms in total. The maximum Gasteiger partial charge on any atom is 0.223 e. The summed E-state index contributed by atoms with van der Waals surface area (Å²) in [5.41, 5.74) is 6.32. The van der Waals surface area contributed by atoms with Crippen molar-refractivity contribution in [3.63, 3.8) is 0 Å². The van der Waals surface area contributed by atoms with Crippen molar-refractivity contribution in [2.24, 2.45) is 29.4 Å². The lowest BCUT2D eigenvalue weighted by molar-refractivity contribution is -0.127. The Morgan fingerprint density at radius 1 is 1.18 bits per heavy atom. The fraction of sp³-hybridized carbons (Fsp3) is 0.944. The molecule has 0 spiro atoms. The molecule has 0 aromatic heterocycles. The van der Waals surface area contributed by atoms with Gasteiger partial charge in [0.2, 0.25) is 5.91 Å². The number of nitrogens with two attached hydrogens (primary N) is 1. The molecule has 2 aliphatic carbocycles. The summed E-state index contributed by atoms with van der Waals surface area (Å²) in [6, 6.07) is 0.354. The maximum atomic E-state index is 12.5. The Bertz CT molecular complexity index is 373. The van der Waals surface area contributed by atoms with E-state index in [1.54, 1.807) is 0 Å². The second-order valence-corrected chi connectivity index (χ2v) is 8.04. The van der Waals surface area contributed by atoms with E-state index in [4.69, 9.17) is 5.73 Å². The molecule has 1 heterocycles. The second kappa shape index (κ2) is 7.31. The largest absolute Gasteiger partial charge is 0.355 e. The lowest BCUT2D eigenvalue weighted by atomic mass is 9.65. The van der Waals surface area contributed by atoms with Crippen LogP contribution in [0.5, 0.6) is 0 Å². The summed E-state index contributed by atoms with van der Waals surface area (Å²) in [4.78, 5) is 15.0. The molecule has 0 aromatic rings. The highest BCUT2D eigenvalue weighted by atomic mass is 16.1. The van der Waals surface area contributed by atoms with Gasteiger partial charge >= 0.3 is 0 Å². The smallest absolute Gasteiger partial charge is 0.223 e. The maximum absolute atomic E-state index is 12.5. The molecule has 3 unspecified atom stereocenters. The number of amides is 1. The van der Waals surface area contributed by atoms with E-state index in [1.165, 1.54) is 45.2 Å². The molecule has 1 saturated heterocycles. The summed E-state index contributed by atoms with van der Waals surface area (Å²) >= 11 is 0. The summed E-state index contributed by atoms with van der Waals surface area (Å²) in [5.74, 6) is 2.49. The molecule has 2 bridgehead atoms. The van der Waals surface area contributed by atoms with Crippen LogP contribution in [0, 0.1) is 23.7 Å². The third-order valence-electron chi connectivity index (χ3n) is 6.25. The predicted octanol–water partition coefficient (Wildman–Crippen LogP) is 1.99. The van der Waals surface area contributed by atoms with Gasteiger partial charge in [0.25, 0.3) is 0 Å². The number of hydrogen-bond donors (Lipinski definition) is 2. The molecule has 1 amide bonds. The number of carbonyl (C=O) groups is 1. The molecular formula is C18H33N3O. The summed E-state index contributed by atoms with van der Waals surface area (Å²) in [6.45, 7) is 6.54. The molecule has 3 N–H and O–H groups in total. The van der Waals surface area contributed by atoms with E-state index in [1.807, 2.05) is 0 Å². The quantitative estimate of drug-likeness (QED) is 0.835. The minimum Gasteiger partial charge on any atom is -0.355 e. The molecule has 3 fully saturated rings. The van der Waals surface area contributed by atoms with Crippen LogP contribution in [0.4, 0.5) is 0 Å². The highest BCUT2D eigenvalue weighted by Gasteiger charge is 2.40. The van der Waals surface area contributed by atoms with Gasteiger partial charge in [0.15, 0.2) is 0 Å². The van der Waals surface area contributed by atoms with Crippen molar-refractivity contribution in [2.45, 2.75) is 57.9 Å². The van der Waals surface area contributed by atoms with Gasteiger partial charge in [0.05, 0.1) is 0 Å². The molecule has 2 saturated carbocycles. The Hall–Kier alpha value is -0.610. The molecule has 4 heteroatoms. The molecule has 22 heavy (non-hydrogen) atoms. The Morgan fingerprint density at radius 3 is 2.59 bits per heavy atom. The van der Waals surface area contributed by atoms with Gasteiger partial charge in [-0.3, -0.25) is 4.79 Å². The molecule has 3 rings (SSSR count). The standard InChI is InChI=1S/C18H33N3O/c1-13-4-3-8-21(12-13)9-7-20-18(22)16-10-14-5-2-6-15(11-16)17(14)19/h13-17H,2-12,19H2,1H3,(H,20,22). The van der Waals surface area contributed by atoms with Gasteiger partial charge in [0.1, 0.15) is 0 Å². The lowest BCUT2D eigenvalue weighted by Crippen LogP contribution is -2.49. The number of carbonyl (C=O) groups excluding carboxylic acids is 1. The molecule has 3 aliphatic rings. The van der Waals surface area contributed by atoms with Crippen molar-refractivity contribution >= 4 is 5.91 Å². The molecule has 1 aliphatic heterocycles. The fourth-order valence-electron chi connectivity index (χ4n) is 4.97. The Balaban J connectivity index is 1.40. The number of nitrogens with one attached hydrogen (secondary N) is 1. The van der Waals surface area contributed by atoms with Gasteiger partial charge < -0.3 is 16.0 Å². The van der Waals surface area contributed by atoms with Gasteiger partial charge in [-0.15, -0.1) is 0 Å². The van der Waals surface area contributed by atoms with Crippen molar-refractivity contribution in [2.75, 3.05) is 26.2 Å². The molecule has 0 aromatic carbocycles. The average Bonchev–Trinajstić information content (AvgIpc) is 2.47. The molecule has 0 radical (unpaired) electrons. The van der Waals surface area contributed by atoms with Crippen LogP contribution in [0.25, 0.3) is 0 Å². The predicted molar refractivity (Wildman–Crippen MR) is 89.4 cm³/mol. The number of nitrogens with zero attached hydrogens (tertiary/aromatic N) is 1. The van der Waals surface area contributed by atoms with Crippen LogP contribution >= 0.6 is 0 Å². The first-order valence-electron chi connectivity index (χ1n) is 9.39. The van der Waals surface area contributed by atoms with E-state index in [0.717, 1.165) is 31.8 Å². The number of rotatable bonds is 4. The third-order valence-corrected chi connectivity index (χ3v) is 6.25. The van der Waals surface area contributed by atoms with Crippen molar-refractivity contribution in [1.82, 2.24) is 10.2 Å². The first-order valence-corrected chi connectivity index (χ1v) is 9.39. The minimum absolute atomic E-state index is 0.218. The summed E-state index contributed by atoms with van der Waals surface area (Å²) in [6.07, 6.45) is 8.46. The van der Waals surface area contributed by atoms with Gasteiger partial charge in [-0.05, 0) is 62.8 Å². The normalized spacial score (nSPS) is 39.5. The number of hydrogen-bond acceptors (Lipinski definition) is 3. The van der Waals surface area contributed by atoms with Crippen molar-refractivity contribution in [1.29, 1.82) is 0 Å². The first-order chi connectivity index (χ1) is 10.6. The third kappa shape index (κ3) is 3.83. The van der Waals surface area contributed by atoms with E-state index in [9.17, 15) is 4.79 Å². The summed E-state index contributed by atoms with van der Waals surface area (Å²) in [5, 5.41) is 3.20. The zero-order valence-electron chi connectivity index (χ0n) is 14.1. The molecule has 3 atom stereocenters. The minimum atomic E-state index is 0.218. The van der Waals surface area contributed by atoms with Crippen LogP contribution < -0.4 is 11.1 Å². The van der Waals surface area contributed by atoms with Crippen molar-refractivity contribution in [3.8, 4) is 0 Å². The van der Waals surface area contributed by atoms with Gasteiger partial charge in [-0.1, -0.05) is 13.3 Å². The summed E-state index contributed by atoms with van der Waals surface area (Å²) in [7, 11) is 0. The van der Waals surface area contributed by atoms with Gasteiger partial charge in [-0.2, -0.15) is 0 Å². The molecule has 126 valence electrons.